The highest BCUT2D eigenvalue weighted by Crippen LogP contribution is 2.22. The van der Waals surface area contributed by atoms with E-state index in [0.717, 1.165) is 24.9 Å². The van der Waals surface area contributed by atoms with Gasteiger partial charge in [0.15, 0.2) is 0 Å². The summed E-state index contributed by atoms with van der Waals surface area (Å²) in [6.07, 6.45) is 6.43. The van der Waals surface area contributed by atoms with Gasteiger partial charge in [-0.25, -0.2) is 4.39 Å². The molecule has 6 nitrogen and oxygen atoms in total. The molecular weight excluding hydrogens is 419 g/mol. The van der Waals surface area contributed by atoms with Crippen LogP contribution >= 0.6 is 0 Å². The molecule has 0 saturated carbocycles. The molecule has 7 heteroatoms. The van der Waals surface area contributed by atoms with Gasteiger partial charge < -0.3 is 10.2 Å². The average Bonchev–Trinajstić information content (AvgIpc) is 3.31. The second-order valence-corrected chi connectivity index (χ2v) is 8.58. The van der Waals surface area contributed by atoms with E-state index in [1.807, 2.05) is 35.2 Å². The quantitative estimate of drug-likeness (QED) is 0.566. The molecule has 3 aromatic rings. The Bertz CT molecular complexity index is 1080. The average molecular weight is 449 g/mol. The predicted octanol–water partition coefficient (Wildman–Crippen LogP) is 4.02. The standard InChI is InChI=1S/C26H29FN4O2/c27-24-11-5-4-10-22(24)15-28-25(32)13-12-21-9-6-14-30(17-21)26(33)23-16-29-31(19-23)18-20-7-2-1-3-8-20/h1-5,7-8,10-11,16,19,21H,6,9,12-15,17-18H2,(H,28,32)/t21-/m0/s1. The Kier molecular flexibility index (Phi) is 7.50. The SMILES string of the molecule is O=C(CC[C@@H]1CCCN(C(=O)c2cnn(Cc3ccccc3)c2)C1)NCc1ccccc1F. The highest BCUT2D eigenvalue weighted by molar-refractivity contribution is 5.93. The number of piperidine rings is 1. The van der Waals surface area contributed by atoms with Crippen LogP contribution in [0.5, 0.6) is 0 Å². The first-order valence-electron chi connectivity index (χ1n) is 11.4. The van der Waals surface area contributed by atoms with Crippen molar-refractivity contribution in [3.63, 3.8) is 0 Å². The van der Waals surface area contributed by atoms with Gasteiger partial charge in [-0.3, -0.25) is 14.3 Å². The molecule has 0 radical (unpaired) electrons. The molecule has 1 aliphatic heterocycles. The number of hydrogen-bond donors (Lipinski definition) is 1. The van der Waals surface area contributed by atoms with Crippen molar-refractivity contribution in [3.8, 4) is 0 Å². The lowest BCUT2D eigenvalue weighted by Crippen LogP contribution is -2.40. The highest BCUT2D eigenvalue weighted by atomic mass is 19.1. The fourth-order valence-corrected chi connectivity index (χ4v) is 4.26. The summed E-state index contributed by atoms with van der Waals surface area (Å²) in [5.41, 5.74) is 2.20. The summed E-state index contributed by atoms with van der Waals surface area (Å²) in [5, 5.41) is 7.14. The van der Waals surface area contributed by atoms with Gasteiger partial charge in [0, 0.05) is 37.8 Å². The fraction of sp³-hybridized carbons (Fsp3) is 0.346. The maximum Gasteiger partial charge on any atom is 0.257 e. The van der Waals surface area contributed by atoms with E-state index in [0.29, 0.717) is 37.1 Å². The van der Waals surface area contributed by atoms with Crippen LogP contribution in [-0.4, -0.2) is 39.6 Å². The van der Waals surface area contributed by atoms with Crippen LogP contribution in [0.15, 0.2) is 67.0 Å². The Morgan fingerprint density at radius 2 is 1.88 bits per heavy atom. The number of carbonyl (C=O) groups excluding carboxylic acids is 2. The minimum atomic E-state index is -0.314. The lowest BCUT2D eigenvalue weighted by molar-refractivity contribution is -0.121. The molecule has 0 spiro atoms. The molecule has 1 N–H and O–H groups in total. The fourth-order valence-electron chi connectivity index (χ4n) is 4.26. The van der Waals surface area contributed by atoms with E-state index < -0.39 is 0 Å². The van der Waals surface area contributed by atoms with Gasteiger partial charge in [-0.2, -0.15) is 5.10 Å². The molecule has 2 heterocycles. The van der Waals surface area contributed by atoms with Gasteiger partial charge in [0.05, 0.1) is 18.3 Å². The molecule has 0 aliphatic carbocycles. The van der Waals surface area contributed by atoms with Crippen LogP contribution in [-0.2, 0) is 17.9 Å². The number of likely N-dealkylation sites (tertiary alicyclic amines) is 1. The van der Waals surface area contributed by atoms with Crippen molar-refractivity contribution in [2.24, 2.45) is 5.92 Å². The molecular formula is C26H29FN4O2. The van der Waals surface area contributed by atoms with Gasteiger partial charge in [-0.05, 0) is 36.8 Å². The van der Waals surface area contributed by atoms with Crippen LogP contribution < -0.4 is 5.32 Å². The number of carbonyl (C=O) groups is 2. The minimum absolute atomic E-state index is 0.0111. The Labute approximate surface area is 193 Å². The van der Waals surface area contributed by atoms with E-state index >= 15 is 0 Å². The van der Waals surface area contributed by atoms with Crippen LogP contribution in [0.2, 0.25) is 0 Å². The van der Waals surface area contributed by atoms with E-state index in [9.17, 15) is 14.0 Å². The second-order valence-electron chi connectivity index (χ2n) is 8.58. The lowest BCUT2D eigenvalue weighted by Gasteiger charge is -2.32. The first kappa shape index (κ1) is 22.7. The topological polar surface area (TPSA) is 67.2 Å². The van der Waals surface area contributed by atoms with Gasteiger partial charge in [-0.15, -0.1) is 0 Å². The van der Waals surface area contributed by atoms with Crippen molar-refractivity contribution in [1.82, 2.24) is 20.0 Å². The van der Waals surface area contributed by atoms with Gasteiger partial charge in [-0.1, -0.05) is 48.5 Å². The number of aromatic nitrogens is 2. The summed E-state index contributed by atoms with van der Waals surface area (Å²) >= 11 is 0. The maximum atomic E-state index is 13.7. The molecule has 33 heavy (non-hydrogen) atoms. The van der Waals surface area contributed by atoms with Gasteiger partial charge in [0.25, 0.3) is 5.91 Å². The van der Waals surface area contributed by atoms with Crippen molar-refractivity contribution < 1.29 is 14.0 Å². The number of nitrogens with one attached hydrogen (secondary N) is 1. The van der Waals surface area contributed by atoms with Crippen LogP contribution in [0.1, 0.15) is 47.2 Å². The first-order valence-corrected chi connectivity index (χ1v) is 11.4. The zero-order valence-electron chi connectivity index (χ0n) is 18.6. The highest BCUT2D eigenvalue weighted by Gasteiger charge is 2.25. The van der Waals surface area contributed by atoms with Gasteiger partial charge >= 0.3 is 0 Å². The van der Waals surface area contributed by atoms with E-state index in [2.05, 4.69) is 10.4 Å². The van der Waals surface area contributed by atoms with E-state index in [1.54, 1.807) is 35.3 Å². The third-order valence-corrected chi connectivity index (χ3v) is 6.09. The molecule has 1 fully saturated rings. The molecule has 1 atom stereocenters. The molecule has 1 saturated heterocycles. The smallest absolute Gasteiger partial charge is 0.257 e. The van der Waals surface area contributed by atoms with Crippen LogP contribution in [0.3, 0.4) is 0 Å². The minimum Gasteiger partial charge on any atom is -0.352 e. The van der Waals surface area contributed by atoms with Gasteiger partial charge in [0.2, 0.25) is 5.91 Å². The number of rotatable bonds is 8. The molecule has 1 aromatic heterocycles. The third-order valence-electron chi connectivity index (χ3n) is 6.09. The summed E-state index contributed by atoms with van der Waals surface area (Å²) in [6.45, 7) is 2.18. The van der Waals surface area contributed by atoms with Crippen molar-refractivity contribution in [2.75, 3.05) is 13.1 Å². The van der Waals surface area contributed by atoms with E-state index in [1.165, 1.54) is 6.07 Å². The van der Waals surface area contributed by atoms with E-state index in [-0.39, 0.29) is 30.1 Å². The van der Waals surface area contributed by atoms with Crippen LogP contribution in [0, 0.1) is 11.7 Å². The largest absolute Gasteiger partial charge is 0.352 e. The van der Waals surface area contributed by atoms with Gasteiger partial charge in [0.1, 0.15) is 5.82 Å². The molecule has 0 unspecified atom stereocenters. The Hall–Kier alpha value is -3.48. The monoisotopic (exact) mass is 448 g/mol. The Morgan fingerprint density at radius 3 is 2.70 bits per heavy atom. The second kappa shape index (κ2) is 10.9. The van der Waals surface area contributed by atoms with Crippen molar-refractivity contribution in [1.29, 1.82) is 0 Å². The zero-order valence-corrected chi connectivity index (χ0v) is 18.6. The number of amides is 2. The van der Waals surface area contributed by atoms with Crippen LogP contribution in [0.25, 0.3) is 0 Å². The third kappa shape index (κ3) is 6.28. The molecule has 4 rings (SSSR count). The zero-order chi connectivity index (χ0) is 23.0. The molecule has 0 bridgehead atoms. The molecule has 172 valence electrons. The van der Waals surface area contributed by atoms with Crippen molar-refractivity contribution in [3.05, 3.63) is 89.5 Å². The first-order chi connectivity index (χ1) is 16.1. The Morgan fingerprint density at radius 1 is 1.09 bits per heavy atom. The summed E-state index contributed by atoms with van der Waals surface area (Å²) in [6, 6.07) is 16.5. The number of nitrogens with zero attached hydrogens (tertiary/aromatic N) is 3. The number of halogens is 1. The maximum absolute atomic E-state index is 13.7. The number of hydrogen-bond acceptors (Lipinski definition) is 3. The summed E-state index contributed by atoms with van der Waals surface area (Å²) in [4.78, 5) is 27.1. The van der Waals surface area contributed by atoms with Crippen molar-refractivity contribution in [2.45, 2.75) is 38.8 Å². The van der Waals surface area contributed by atoms with E-state index in [4.69, 9.17) is 0 Å². The molecule has 1 aliphatic rings. The number of benzene rings is 2. The van der Waals surface area contributed by atoms with Crippen molar-refractivity contribution >= 4 is 11.8 Å². The Balaban J connectivity index is 1.24. The summed E-state index contributed by atoms with van der Waals surface area (Å²) < 4.78 is 15.5. The predicted molar refractivity (Wildman–Crippen MR) is 124 cm³/mol. The molecule has 2 aromatic carbocycles. The summed E-state index contributed by atoms with van der Waals surface area (Å²) in [7, 11) is 0. The summed E-state index contributed by atoms with van der Waals surface area (Å²) in [5.74, 6) is -0.139. The normalized spacial score (nSPS) is 15.9. The van der Waals surface area contributed by atoms with Crippen LogP contribution in [0.4, 0.5) is 4.39 Å². The molecule has 2 amide bonds. The lowest BCUT2D eigenvalue weighted by atomic mass is 9.93.